The molecule has 2 aromatic carbocycles. The van der Waals surface area contributed by atoms with Crippen molar-refractivity contribution in [2.24, 2.45) is 0 Å². The highest BCUT2D eigenvalue weighted by Gasteiger charge is 2.40. The lowest BCUT2D eigenvalue weighted by molar-refractivity contribution is 0.0696. The summed E-state index contributed by atoms with van der Waals surface area (Å²) in [6, 6.07) is 12.9. The molecule has 2 N–H and O–H groups in total. The third kappa shape index (κ3) is 3.22. The summed E-state index contributed by atoms with van der Waals surface area (Å²) in [6.07, 6.45) is 0. The number of nitrogens with one attached hydrogen (secondary N) is 1. The normalized spacial score (nSPS) is 12.7. The quantitative estimate of drug-likeness (QED) is 0.459. The first-order chi connectivity index (χ1) is 14.4. The van der Waals surface area contributed by atoms with E-state index in [9.17, 15) is 19.6 Å². The molecule has 10 heteroatoms. The highest BCUT2D eigenvalue weighted by atomic mass is 35.5. The molecule has 0 aliphatic carbocycles. The Bertz CT molecular complexity index is 1260. The Morgan fingerprint density at radius 3 is 2.63 bits per heavy atom. The number of aromatic carboxylic acids is 1. The lowest BCUT2D eigenvalue weighted by Gasteiger charge is -2.11. The standard InChI is InChI=1S/C20H11ClN4O4S/c21-15-4-2-1-3-11(15)9-30-17-14(8-22)16(23-24-17)25-18(26)12-6-5-10(20(28)29)7-13(12)19(25)27/h1-7H,9H2,(H,23,24)(H,28,29). The highest BCUT2D eigenvalue weighted by molar-refractivity contribution is 7.98. The Kier molecular flexibility index (Phi) is 5.03. The highest BCUT2D eigenvalue weighted by Crippen LogP contribution is 2.35. The summed E-state index contributed by atoms with van der Waals surface area (Å²) in [6.45, 7) is 0. The summed E-state index contributed by atoms with van der Waals surface area (Å²) < 4.78 is 0. The molecule has 30 heavy (non-hydrogen) atoms. The number of carbonyl (C=O) groups excluding carboxylic acids is 2. The van der Waals surface area contributed by atoms with Gasteiger partial charge >= 0.3 is 5.97 Å². The average Bonchev–Trinajstić information content (AvgIpc) is 3.25. The number of aromatic nitrogens is 2. The minimum absolute atomic E-state index is 0.0383. The van der Waals surface area contributed by atoms with Crippen LogP contribution >= 0.6 is 23.4 Å². The van der Waals surface area contributed by atoms with Crippen molar-refractivity contribution in [1.82, 2.24) is 10.2 Å². The number of anilines is 1. The van der Waals surface area contributed by atoms with Gasteiger partial charge in [0.2, 0.25) is 0 Å². The maximum atomic E-state index is 12.8. The van der Waals surface area contributed by atoms with E-state index in [1.165, 1.54) is 23.9 Å². The molecule has 1 aromatic heterocycles. The van der Waals surface area contributed by atoms with Gasteiger partial charge in [0.15, 0.2) is 5.82 Å². The lowest BCUT2D eigenvalue weighted by atomic mass is 10.1. The van der Waals surface area contributed by atoms with Gasteiger partial charge in [-0.2, -0.15) is 10.4 Å². The molecule has 4 rings (SSSR count). The predicted octanol–water partition coefficient (Wildman–Crippen LogP) is 3.73. The second-order valence-corrected chi connectivity index (χ2v) is 7.63. The van der Waals surface area contributed by atoms with Crippen LogP contribution in [0.25, 0.3) is 0 Å². The maximum Gasteiger partial charge on any atom is 0.335 e. The largest absolute Gasteiger partial charge is 0.478 e. The van der Waals surface area contributed by atoms with Gasteiger partial charge in [0, 0.05) is 10.8 Å². The number of carboxylic acids is 1. The molecule has 0 spiro atoms. The molecular formula is C20H11ClN4O4S. The minimum Gasteiger partial charge on any atom is -0.478 e. The number of benzene rings is 2. The zero-order chi connectivity index (χ0) is 21.4. The summed E-state index contributed by atoms with van der Waals surface area (Å²) >= 11 is 7.39. The number of H-pyrrole nitrogens is 1. The number of carboxylic acid groups (broad SMARTS) is 1. The topological polar surface area (TPSA) is 127 Å². The van der Waals surface area contributed by atoms with Crippen LogP contribution in [0.4, 0.5) is 5.82 Å². The molecule has 3 aromatic rings. The van der Waals surface area contributed by atoms with E-state index in [0.29, 0.717) is 15.8 Å². The van der Waals surface area contributed by atoms with Crippen molar-refractivity contribution in [3.05, 3.63) is 75.3 Å². The Balaban J connectivity index is 1.66. The number of imide groups is 1. The molecule has 1 aliphatic rings. The molecule has 2 heterocycles. The molecule has 0 saturated carbocycles. The average molecular weight is 439 g/mol. The van der Waals surface area contributed by atoms with Gasteiger partial charge in [-0.3, -0.25) is 14.7 Å². The van der Waals surface area contributed by atoms with Crippen LogP contribution in [-0.2, 0) is 5.75 Å². The SMILES string of the molecule is N#Cc1c(SCc2ccccc2Cl)n[nH]c1N1C(=O)c2ccc(C(=O)O)cc2C1=O. The van der Waals surface area contributed by atoms with Gasteiger partial charge < -0.3 is 5.11 Å². The Hall–Kier alpha value is -3.61. The lowest BCUT2D eigenvalue weighted by Crippen LogP contribution is -2.30. The summed E-state index contributed by atoms with van der Waals surface area (Å²) in [5, 5.41) is 26.3. The van der Waals surface area contributed by atoms with Gasteiger partial charge in [-0.25, -0.2) is 9.69 Å². The fourth-order valence-corrected chi connectivity index (χ4v) is 4.24. The van der Waals surface area contributed by atoms with Crippen molar-refractivity contribution in [1.29, 1.82) is 5.26 Å². The van der Waals surface area contributed by atoms with Crippen molar-refractivity contribution in [2.75, 3.05) is 4.90 Å². The zero-order valence-electron chi connectivity index (χ0n) is 15.0. The number of aromatic amines is 1. The molecule has 0 unspecified atom stereocenters. The molecule has 148 valence electrons. The number of hydrogen-bond donors (Lipinski definition) is 2. The second kappa shape index (κ2) is 7.67. The van der Waals surface area contributed by atoms with Crippen LogP contribution in [0.15, 0.2) is 47.5 Å². The number of nitrogens with zero attached hydrogens (tertiary/aromatic N) is 3. The number of thioether (sulfide) groups is 1. The molecule has 2 amide bonds. The fraction of sp³-hybridized carbons (Fsp3) is 0.0500. The van der Waals surface area contributed by atoms with Crippen LogP contribution in [0.3, 0.4) is 0 Å². The number of hydrogen-bond acceptors (Lipinski definition) is 6. The fourth-order valence-electron chi connectivity index (χ4n) is 3.02. The number of amides is 2. The summed E-state index contributed by atoms with van der Waals surface area (Å²) in [5.74, 6) is -2.21. The number of halogens is 1. The van der Waals surface area contributed by atoms with Crippen molar-refractivity contribution < 1.29 is 19.5 Å². The number of fused-ring (bicyclic) bond motifs is 1. The molecule has 1 aliphatic heterocycles. The molecule has 0 bridgehead atoms. The van der Waals surface area contributed by atoms with E-state index in [1.807, 2.05) is 24.3 Å². The van der Waals surface area contributed by atoms with Crippen molar-refractivity contribution in [3.8, 4) is 6.07 Å². The minimum atomic E-state index is -1.21. The number of nitriles is 1. The first-order valence-electron chi connectivity index (χ1n) is 8.53. The Morgan fingerprint density at radius 2 is 1.93 bits per heavy atom. The predicted molar refractivity (Wildman–Crippen MR) is 109 cm³/mol. The molecule has 8 nitrogen and oxygen atoms in total. The van der Waals surface area contributed by atoms with Crippen LogP contribution in [0, 0.1) is 11.3 Å². The first kappa shape index (κ1) is 19.7. The third-order valence-electron chi connectivity index (χ3n) is 4.51. The van der Waals surface area contributed by atoms with E-state index in [0.717, 1.165) is 16.5 Å². The van der Waals surface area contributed by atoms with E-state index < -0.39 is 17.8 Å². The van der Waals surface area contributed by atoms with Crippen LogP contribution in [0.2, 0.25) is 5.02 Å². The summed E-state index contributed by atoms with van der Waals surface area (Å²) in [4.78, 5) is 37.6. The smallest absolute Gasteiger partial charge is 0.335 e. The van der Waals surface area contributed by atoms with Gasteiger partial charge in [0.1, 0.15) is 16.7 Å². The van der Waals surface area contributed by atoms with E-state index >= 15 is 0 Å². The molecule has 0 saturated heterocycles. The van der Waals surface area contributed by atoms with Crippen molar-refractivity contribution >= 4 is 47.0 Å². The monoisotopic (exact) mass is 438 g/mol. The number of rotatable bonds is 5. The molecule has 0 atom stereocenters. The zero-order valence-corrected chi connectivity index (χ0v) is 16.6. The van der Waals surface area contributed by atoms with Crippen LogP contribution < -0.4 is 4.90 Å². The Morgan fingerprint density at radius 1 is 1.20 bits per heavy atom. The number of carbonyl (C=O) groups is 3. The van der Waals surface area contributed by atoms with Crippen molar-refractivity contribution in [2.45, 2.75) is 10.8 Å². The van der Waals surface area contributed by atoms with Gasteiger partial charge in [-0.05, 0) is 29.8 Å². The molecule has 0 radical (unpaired) electrons. The third-order valence-corrected chi connectivity index (χ3v) is 5.90. The Labute approximate surface area is 179 Å². The van der Waals surface area contributed by atoms with Crippen molar-refractivity contribution in [3.63, 3.8) is 0 Å². The van der Waals surface area contributed by atoms with E-state index in [2.05, 4.69) is 10.2 Å². The van der Waals surface area contributed by atoms with E-state index in [4.69, 9.17) is 16.7 Å². The van der Waals surface area contributed by atoms with Crippen LogP contribution in [0.1, 0.15) is 42.2 Å². The van der Waals surface area contributed by atoms with E-state index in [1.54, 1.807) is 6.07 Å². The van der Waals surface area contributed by atoms with Crippen LogP contribution in [-0.4, -0.2) is 33.1 Å². The summed E-state index contributed by atoms with van der Waals surface area (Å²) in [7, 11) is 0. The summed E-state index contributed by atoms with van der Waals surface area (Å²) in [5.41, 5.74) is 0.801. The maximum absolute atomic E-state index is 12.8. The van der Waals surface area contributed by atoms with Gasteiger partial charge in [0.25, 0.3) is 11.8 Å². The molecular weight excluding hydrogens is 428 g/mol. The van der Waals surface area contributed by atoms with Crippen LogP contribution in [0.5, 0.6) is 0 Å². The van der Waals surface area contributed by atoms with E-state index in [-0.39, 0.29) is 28.1 Å². The second-order valence-electron chi connectivity index (χ2n) is 6.26. The van der Waals surface area contributed by atoms with Gasteiger partial charge in [-0.15, -0.1) is 0 Å². The van der Waals surface area contributed by atoms with Gasteiger partial charge in [-0.1, -0.05) is 41.6 Å². The molecule has 0 fully saturated rings. The first-order valence-corrected chi connectivity index (χ1v) is 9.89. The van der Waals surface area contributed by atoms with Gasteiger partial charge in [0.05, 0.1) is 16.7 Å².